The fourth-order valence-electron chi connectivity index (χ4n) is 4.95. The van der Waals surface area contributed by atoms with E-state index < -0.39 is 0 Å². The lowest BCUT2D eigenvalue weighted by atomic mass is 9.55. The molecule has 132 valence electrons. The van der Waals surface area contributed by atoms with Crippen molar-refractivity contribution in [3.8, 4) is 5.75 Å². The number of para-hydroxylation sites is 1. The van der Waals surface area contributed by atoms with Gasteiger partial charge >= 0.3 is 0 Å². The first kappa shape index (κ1) is 16.7. The normalized spacial score (nSPS) is 28.5. The summed E-state index contributed by atoms with van der Waals surface area (Å²) in [6.45, 7) is 0.915. The molecule has 2 heteroatoms. The van der Waals surface area contributed by atoms with Gasteiger partial charge in [0.25, 0.3) is 0 Å². The molecular formula is C23H29NO. The first-order chi connectivity index (χ1) is 12.3. The summed E-state index contributed by atoms with van der Waals surface area (Å²) in [5.41, 5.74) is 3.35. The van der Waals surface area contributed by atoms with Crippen molar-refractivity contribution in [3.63, 3.8) is 0 Å². The molecule has 2 aromatic carbocycles. The summed E-state index contributed by atoms with van der Waals surface area (Å²) in [6.07, 6.45) is 8.16. The van der Waals surface area contributed by atoms with Crippen LogP contribution in [0.2, 0.25) is 0 Å². The Kier molecular flexibility index (Phi) is 4.80. The number of hydrogen-bond acceptors (Lipinski definition) is 2. The lowest BCUT2D eigenvalue weighted by Crippen LogP contribution is -2.54. The third-order valence-electron chi connectivity index (χ3n) is 6.65. The lowest BCUT2D eigenvalue weighted by molar-refractivity contribution is 0.0163. The molecule has 2 aliphatic carbocycles. The van der Waals surface area contributed by atoms with E-state index in [0.717, 1.165) is 18.2 Å². The SMILES string of the molecule is COc1ccccc1CNC1CCC12CCC(c1ccccc1)CC2. The van der Waals surface area contributed by atoms with E-state index in [2.05, 4.69) is 53.8 Å². The highest BCUT2D eigenvalue weighted by Crippen LogP contribution is 2.54. The number of methoxy groups -OCH3 is 1. The van der Waals surface area contributed by atoms with Gasteiger partial charge < -0.3 is 10.1 Å². The molecule has 2 aromatic rings. The number of ether oxygens (including phenoxy) is 1. The Morgan fingerprint density at radius 1 is 0.920 bits per heavy atom. The van der Waals surface area contributed by atoms with E-state index in [0.29, 0.717) is 11.5 Å². The van der Waals surface area contributed by atoms with Crippen LogP contribution in [0.4, 0.5) is 0 Å². The highest BCUT2D eigenvalue weighted by molar-refractivity contribution is 5.33. The van der Waals surface area contributed by atoms with Gasteiger partial charge in [-0.3, -0.25) is 0 Å². The highest BCUT2D eigenvalue weighted by atomic mass is 16.5. The fourth-order valence-corrected chi connectivity index (χ4v) is 4.95. The van der Waals surface area contributed by atoms with Crippen LogP contribution in [0, 0.1) is 5.41 Å². The van der Waals surface area contributed by atoms with E-state index in [1.807, 2.05) is 6.07 Å². The maximum atomic E-state index is 5.49. The molecule has 0 aliphatic heterocycles. The number of rotatable bonds is 5. The fraction of sp³-hybridized carbons (Fsp3) is 0.478. The molecule has 4 rings (SSSR count). The maximum absolute atomic E-state index is 5.49. The molecule has 25 heavy (non-hydrogen) atoms. The molecule has 0 amide bonds. The maximum Gasteiger partial charge on any atom is 0.123 e. The minimum Gasteiger partial charge on any atom is -0.496 e. The summed E-state index contributed by atoms with van der Waals surface area (Å²) >= 11 is 0. The molecule has 1 spiro atoms. The highest BCUT2D eigenvalue weighted by Gasteiger charge is 2.48. The van der Waals surface area contributed by atoms with Crippen LogP contribution in [-0.2, 0) is 6.54 Å². The van der Waals surface area contributed by atoms with Gasteiger partial charge in [-0.05, 0) is 61.5 Å². The van der Waals surface area contributed by atoms with Crippen LogP contribution in [0.5, 0.6) is 5.75 Å². The zero-order valence-electron chi connectivity index (χ0n) is 15.2. The van der Waals surface area contributed by atoms with E-state index in [1.165, 1.54) is 49.7 Å². The molecule has 2 saturated carbocycles. The average Bonchev–Trinajstić information content (AvgIpc) is 2.68. The van der Waals surface area contributed by atoms with Crippen LogP contribution in [0.15, 0.2) is 54.6 Å². The second-order valence-electron chi connectivity index (χ2n) is 7.83. The van der Waals surface area contributed by atoms with Crippen molar-refractivity contribution in [2.45, 2.75) is 57.0 Å². The predicted octanol–water partition coefficient (Wildman–Crippen LogP) is 5.29. The van der Waals surface area contributed by atoms with Gasteiger partial charge in [0.2, 0.25) is 0 Å². The molecule has 0 aromatic heterocycles. The minimum atomic E-state index is 0.549. The molecule has 2 nitrogen and oxygen atoms in total. The van der Waals surface area contributed by atoms with Gasteiger partial charge in [-0.15, -0.1) is 0 Å². The molecule has 0 radical (unpaired) electrons. The minimum absolute atomic E-state index is 0.549. The van der Waals surface area contributed by atoms with Crippen molar-refractivity contribution in [2.75, 3.05) is 7.11 Å². The zero-order valence-corrected chi connectivity index (χ0v) is 15.2. The van der Waals surface area contributed by atoms with E-state index in [-0.39, 0.29) is 0 Å². The zero-order chi connectivity index (χ0) is 17.1. The topological polar surface area (TPSA) is 21.3 Å². The summed E-state index contributed by atoms with van der Waals surface area (Å²) < 4.78 is 5.49. The van der Waals surface area contributed by atoms with Gasteiger partial charge in [0, 0.05) is 18.2 Å². The summed E-state index contributed by atoms with van der Waals surface area (Å²) in [6, 6.07) is 20.1. The molecule has 2 aliphatic rings. The van der Waals surface area contributed by atoms with Crippen molar-refractivity contribution in [1.82, 2.24) is 5.32 Å². The van der Waals surface area contributed by atoms with Crippen molar-refractivity contribution < 1.29 is 4.74 Å². The van der Waals surface area contributed by atoms with Gasteiger partial charge in [-0.25, -0.2) is 0 Å². The first-order valence-electron chi connectivity index (χ1n) is 9.71. The largest absolute Gasteiger partial charge is 0.496 e. The summed E-state index contributed by atoms with van der Waals surface area (Å²) in [5, 5.41) is 3.85. The molecule has 0 heterocycles. The van der Waals surface area contributed by atoms with E-state index in [4.69, 9.17) is 4.74 Å². The third kappa shape index (κ3) is 3.32. The standard InChI is InChI=1S/C23H29NO/c1-25-21-10-6-5-9-20(21)17-24-22-13-16-23(22)14-11-19(12-15-23)18-7-3-2-4-8-18/h2-10,19,22,24H,11-17H2,1H3. The van der Waals surface area contributed by atoms with Gasteiger partial charge in [0.1, 0.15) is 5.75 Å². The Balaban J connectivity index is 1.35. The van der Waals surface area contributed by atoms with Gasteiger partial charge in [-0.1, -0.05) is 48.5 Å². The van der Waals surface area contributed by atoms with Crippen LogP contribution in [0.3, 0.4) is 0 Å². The molecular weight excluding hydrogens is 306 g/mol. The third-order valence-corrected chi connectivity index (χ3v) is 6.65. The summed E-state index contributed by atoms with van der Waals surface area (Å²) in [5.74, 6) is 1.76. The molecule has 0 saturated heterocycles. The van der Waals surface area contributed by atoms with Crippen LogP contribution in [-0.4, -0.2) is 13.2 Å². The quantitative estimate of drug-likeness (QED) is 0.801. The van der Waals surface area contributed by atoms with Crippen molar-refractivity contribution in [2.24, 2.45) is 5.41 Å². The Morgan fingerprint density at radius 2 is 1.60 bits per heavy atom. The van der Waals surface area contributed by atoms with Crippen molar-refractivity contribution >= 4 is 0 Å². The smallest absolute Gasteiger partial charge is 0.123 e. The van der Waals surface area contributed by atoms with E-state index >= 15 is 0 Å². The lowest BCUT2D eigenvalue weighted by Gasteiger charge is -2.54. The molecule has 1 N–H and O–H groups in total. The Labute approximate surface area is 151 Å². The molecule has 1 unspecified atom stereocenters. The van der Waals surface area contributed by atoms with Crippen LogP contribution < -0.4 is 10.1 Å². The van der Waals surface area contributed by atoms with Gasteiger partial charge in [-0.2, -0.15) is 0 Å². The predicted molar refractivity (Wildman–Crippen MR) is 103 cm³/mol. The molecule has 2 fully saturated rings. The van der Waals surface area contributed by atoms with Crippen molar-refractivity contribution in [3.05, 3.63) is 65.7 Å². The van der Waals surface area contributed by atoms with Crippen molar-refractivity contribution in [1.29, 1.82) is 0 Å². The average molecular weight is 335 g/mol. The van der Waals surface area contributed by atoms with Crippen LogP contribution in [0.1, 0.15) is 55.6 Å². The number of benzene rings is 2. The number of hydrogen-bond donors (Lipinski definition) is 1. The van der Waals surface area contributed by atoms with Crippen LogP contribution >= 0.6 is 0 Å². The Bertz CT molecular complexity index is 688. The first-order valence-corrected chi connectivity index (χ1v) is 9.71. The number of nitrogens with one attached hydrogen (secondary N) is 1. The van der Waals surface area contributed by atoms with E-state index in [1.54, 1.807) is 7.11 Å². The molecule has 0 bridgehead atoms. The van der Waals surface area contributed by atoms with Gasteiger partial charge in [0.15, 0.2) is 0 Å². The second kappa shape index (κ2) is 7.21. The van der Waals surface area contributed by atoms with Gasteiger partial charge in [0.05, 0.1) is 7.11 Å². The van der Waals surface area contributed by atoms with E-state index in [9.17, 15) is 0 Å². The second-order valence-corrected chi connectivity index (χ2v) is 7.83. The molecule has 1 atom stereocenters. The monoisotopic (exact) mass is 335 g/mol. The summed E-state index contributed by atoms with van der Waals surface area (Å²) in [7, 11) is 1.76. The Hall–Kier alpha value is -1.80. The Morgan fingerprint density at radius 3 is 2.28 bits per heavy atom. The van der Waals surface area contributed by atoms with Crippen LogP contribution in [0.25, 0.3) is 0 Å². The summed E-state index contributed by atoms with van der Waals surface area (Å²) in [4.78, 5) is 0.